The van der Waals surface area contributed by atoms with Crippen LogP contribution in [0.25, 0.3) is 0 Å². The van der Waals surface area contributed by atoms with Gasteiger partial charge in [0.05, 0.1) is 24.9 Å². The number of ether oxygens (including phenoxy) is 1. The number of hydrogen-bond donors (Lipinski definition) is 1. The van der Waals surface area contributed by atoms with E-state index in [1.807, 2.05) is 0 Å². The maximum Gasteiger partial charge on any atom is 0.409 e. The van der Waals surface area contributed by atoms with Gasteiger partial charge in [-0.25, -0.2) is 14.2 Å². The average Bonchev–Trinajstić information content (AvgIpc) is 2.95. The van der Waals surface area contributed by atoms with E-state index in [0.717, 1.165) is 10.6 Å². The number of fused-ring (bicyclic) bond motifs is 1. The first-order chi connectivity index (χ1) is 11.1. The van der Waals surface area contributed by atoms with E-state index in [9.17, 15) is 14.0 Å². The molecule has 2 amide bonds. The summed E-state index contributed by atoms with van der Waals surface area (Å²) in [5.74, 6) is -1.12. The molecule has 1 N–H and O–H groups in total. The second kappa shape index (κ2) is 6.33. The van der Waals surface area contributed by atoms with E-state index in [-0.39, 0.29) is 11.7 Å². The number of nitrogens with zero attached hydrogens (tertiary/aromatic N) is 2. The molecule has 0 fully saturated rings. The van der Waals surface area contributed by atoms with Crippen molar-refractivity contribution < 1.29 is 18.7 Å². The number of rotatable bonds is 2. The molecule has 0 saturated heterocycles. The van der Waals surface area contributed by atoms with E-state index < -0.39 is 11.7 Å². The number of thiazole rings is 1. The fourth-order valence-electron chi connectivity index (χ4n) is 2.34. The lowest BCUT2D eigenvalue weighted by atomic mass is 10.2. The summed E-state index contributed by atoms with van der Waals surface area (Å²) in [7, 11) is 1.34. The highest BCUT2D eigenvalue weighted by Crippen LogP contribution is 2.29. The Labute approximate surface area is 135 Å². The minimum atomic E-state index is -0.580. The lowest BCUT2D eigenvalue weighted by molar-refractivity contribution is 0.102. The Morgan fingerprint density at radius 3 is 2.91 bits per heavy atom. The van der Waals surface area contributed by atoms with Crippen molar-refractivity contribution in [3.8, 4) is 0 Å². The number of carbonyl (C=O) groups is 2. The van der Waals surface area contributed by atoms with Crippen molar-refractivity contribution in [1.82, 2.24) is 9.88 Å². The molecule has 0 unspecified atom stereocenters. The van der Waals surface area contributed by atoms with Crippen LogP contribution in [-0.2, 0) is 17.7 Å². The molecule has 6 nitrogen and oxygen atoms in total. The van der Waals surface area contributed by atoms with Crippen LogP contribution in [0, 0.1) is 5.82 Å². The van der Waals surface area contributed by atoms with Gasteiger partial charge in [-0.05, 0) is 12.1 Å². The topological polar surface area (TPSA) is 71.5 Å². The van der Waals surface area contributed by atoms with Crippen molar-refractivity contribution in [3.05, 3.63) is 46.2 Å². The second-order valence-corrected chi connectivity index (χ2v) is 6.05. The molecular weight excluding hydrogens is 321 g/mol. The molecule has 23 heavy (non-hydrogen) atoms. The first kappa shape index (κ1) is 15.4. The summed E-state index contributed by atoms with van der Waals surface area (Å²) in [5, 5.41) is 3.01. The normalized spacial score (nSPS) is 13.4. The van der Waals surface area contributed by atoms with Crippen LogP contribution < -0.4 is 5.32 Å². The Morgan fingerprint density at radius 1 is 1.39 bits per heavy atom. The number of nitrogens with one attached hydrogen (secondary N) is 1. The zero-order valence-corrected chi connectivity index (χ0v) is 13.2. The van der Waals surface area contributed by atoms with Gasteiger partial charge < -0.3 is 9.64 Å². The number of aromatic nitrogens is 1. The van der Waals surface area contributed by atoms with Gasteiger partial charge in [-0.3, -0.25) is 10.1 Å². The number of carbonyl (C=O) groups excluding carboxylic acids is 2. The molecule has 2 heterocycles. The molecule has 1 aliphatic heterocycles. The molecule has 3 rings (SSSR count). The summed E-state index contributed by atoms with van der Waals surface area (Å²) in [4.78, 5) is 30.5. The van der Waals surface area contributed by atoms with Gasteiger partial charge >= 0.3 is 6.09 Å². The average molecular weight is 335 g/mol. The maximum atomic E-state index is 13.6. The standard InChI is InChI=1S/C15H14FN3O3S/c1-22-15(21)19-7-6-11-12(8-19)23-14(17-11)18-13(20)9-4-2-3-5-10(9)16/h2-5H,6-8H2,1H3,(H,17,18,20). The number of amides is 2. The number of anilines is 1. The molecule has 1 aliphatic rings. The zero-order chi connectivity index (χ0) is 16.4. The van der Waals surface area contributed by atoms with Crippen LogP contribution >= 0.6 is 11.3 Å². The minimum absolute atomic E-state index is 0.0307. The molecule has 0 radical (unpaired) electrons. The summed E-state index contributed by atoms with van der Waals surface area (Å²) in [6.45, 7) is 0.916. The van der Waals surface area contributed by atoms with Crippen LogP contribution in [0.4, 0.5) is 14.3 Å². The van der Waals surface area contributed by atoms with E-state index in [0.29, 0.717) is 24.6 Å². The summed E-state index contributed by atoms with van der Waals surface area (Å²) in [5.41, 5.74) is 0.816. The lowest BCUT2D eigenvalue weighted by Gasteiger charge is -2.24. The molecule has 2 aromatic rings. The monoisotopic (exact) mass is 335 g/mol. The van der Waals surface area contributed by atoms with Gasteiger partial charge in [0.15, 0.2) is 5.13 Å². The first-order valence-corrected chi connectivity index (χ1v) is 7.77. The summed E-state index contributed by atoms with van der Waals surface area (Å²) >= 11 is 1.28. The number of methoxy groups -OCH3 is 1. The molecular formula is C15H14FN3O3S. The third-order valence-corrected chi connectivity index (χ3v) is 4.50. The summed E-state index contributed by atoms with van der Waals surface area (Å²) < 4.78 is 18.3. The van der Waals surface area contributed by atoms with Gasteiger partial charge in [0.25, 0.3) is 5.91 Å². The van der Waals surface area contributed by atoms with Crippen molar-refractivity contribution >= 4 is 28.5 Å². The smallest absolute Gasteiger partial charge is 0.409 e. The van der Waals surface area contributed by atoms with Crippen molar-refractivity contribution in [1.29, 1.82) is 0 Å². The van der Waals surface area contributed by atoms with Crippen molar-refractivity contribution in [2.45, 2.75) is 13.0 Å². The van der Waals surface area contributed by atoms with Crippen LogP contribution in [0.2, 0.25) is 0 Å². The Morgan fingerprint density at radius 2 is 2.17 bits per heavy atom. The van der Waals surface area contributed by atoms with Gasteiger partial charge in [0, 0.05) is 17.8 Å². The summed E-state index contributed by atoms with van der Waals surface area (Å²) in [6.07, 6.45) is 0.206. The fraction of sp³-hybridized carbons (Fsp3) is 0.267. The predicted molar refractivity (Wildman–Crippen MR) is 83.0 cm³/mol. The lowest BCUT2D eigenvalue weighted by Crippen LogP contribution is -2.35. The summed E-state index contributed by atoms with van der Waals surface area (Å²) in [6, 6.07) is 5.77. The highest BCUT2D eigenvalue weighted by molar-refractivity contribution is 7.15. The van der Waals surface area contributed by atoms with Crippen molar-refractivity contribution in [3.63, 3.8) is 0 Å². The Hall–Kier alpha value is -2.48. The van der Waals surface area contributed by atoms with Crippen LogP contribution in [0.5, 0.6) is 0 Å². The predicted octanol–water partition coefficient (Wildman–Crippen LogP) is 2.66. The van der Waals surface area contributed by atoms with Crippen LogP contribution in [0.3, 0.4) is 0 Å². The third-order valence-electron chi connectivity index (χ3n) is 3.50. The SMILES string of the molecule is COC(=O)N1CCc2nc(NC(=O)c3ccccc3F)sc2C1. The molecule has 120 valence electrons. The van der Waals surface area contributed by atoms with Gasteiger partial charge in [0.1, 0.15) is 5.82 Å². The van der Waals surface area contributed by atoms with Crippen LogP contribution in [-0.4, -0.2) is 35.5 Å². The number of halogens is 1. The Balaban J connectivity index is 1.74. The van der Waals surface area contributed by atoms with Crippen molar-refractivity contribution in [2.24, 2.45) is 0 Å². The van der Waals surface area contributed by atoms with E-state index in [2.05, 4.69) is 10.3 Å². The van der Waals surface area contributed by atoms with E-state index in [1.54, 1.807) is 11.0 Å². The van der Waals surface area contributed by atoms with Gasteiger partial charge in [-0.1, -0.05) is 23.5 Å². The van der Waals surface area contributed by atoms with Crippen LogP contribution in [0.1, 0.15) is 20.9 Å². The van der Waals surface area contributed by atoms with Gasteiger partial charge in [0.2, 0.25) is 0 Å². The quantitative estimate of drug-likeness (QED) is 0.916. The Kier molecular flexibility index (Phi) is 4.24. The number of benzene rings is 1. The fourth-order valence-corrected chi connectivity index (χ4v) is 3.36. The molecule has 1 aromatic carbocycles. The highest BCUT2D eigenvalue weighted by atomic mass is 32.1. The van der Waals surface area contributed by atoms with Gasteiger partial charge in [-0.2, -0.15) is 0 Å². The Bertz CT molecular complexity index is 762. The van der Waals surface area contributed by atoms with Crippen molar-refractivity contribution in [2.75, 3.05) is 19.0 Å². The van der Waals surface area contributed by atoms with Crippen LogP contribution in [0.15, 0.2) is 24.3 Å². The van der Waals surface area contributed by atoms with E-state index in [4.69, 9.17) is 4.74 Å². The maximum absolute atomic E-state index is 13.6. The molecule has 0 bridgehead atoms. The second-order valence-electron chi connectivity index (χ2n) is 4.96. The molecule has 0 saturated carbocycles. The third kappa shape index (κ3) is 3.16. The molecule has 0 spiro atoms. The number of hydrogen-bond acceptors (Lipinski definition) is 5. The van der Waals surface area contributed by atoms with Gasteiger partial charge in [-0.15, -0.1) is 0 Å². The largest absolute Gasteiger partial charge is 0.453 e. The molecule has 8 heteroatoms. The first-order valence-electron chi connectivity index (χ1n) is 6.96. The highest BCUT2D eigenvalue weighted by Gasteiger charge is 2.25. The molecule has 0 atom stereocenters. The minimum Gasteiger partial charge on any atom is -0.453 e. The molecule has 0 aliphatic carbocycles. The zero-order valence-electron chi connectivity index (χ0n) is 12.3. The molecule has 1 aromatic heterocycles. The van der Waals surface area contributed by atoms with E-state index >= 15 is 0 Å². The van der Waals surface area contributed by atoms with E-state index in [1.165, 1.54) is 36.6 Å².